The lowest BCUT2D eigenvalue weighted by Crippen LogP contribution is -2.37. The van der Waals surface area contributed by atoms with Gasteiger partial charge >= 0.3 is 0 Å². The van der Waals surface area contributed by atoms with Crippen LogP contribution in [-0.2, 0) is 9.22 Å². The minimum absolute atomic E-state index is 0. The molecule has 0 bridgehead atoms. The Hall–Kier alpha value is -1.74. The molecule has 0 spiro atoms. The first-order valence-electron chi connectivity index (χ1n) is 14.2. The largest absolute Gasteiger partial charge is 0.410 e. The number of pyridine rings is 1. The number of aldehydes is 1. The first-order chi connectivity index (χ1) is 18.3. The Labute approximate surface area is 265 Å². The lowest BCUT2D eigenvalue weighted by Gasteiger charge is -2.34. The summed E-state index contributed by atoms with van der Waals surface area (Å²) in [5.74, 6) is 14.3. The van der Waals surface area contributed by atoms with Crippen LogP contribution in [0.4, 0.5) is 0 Å². The number of nitrogens with zero attached hydrogens (tertiary/aromatic N) is 1. The third-order valence-electron chi connectivity index (χ3n) is 5.71. The fourth-order valence-electron chi connectivity index (χ4n) is 3.24. The number of carbonyl (C=O) groups excluding carboxylic acids is 1. The van der Waals surface area contributed by atoms with Crippen molar-refractivity contribution >= 4 is 37.8 Å². The smallest absolute Gasteiger partial charge is 0.192 e. The number of hydrogen-bond donors (Lipinski definition) is 0. The van der Waals surface area contributed by atoms with Crippen LogP contribution in [0.5, 0.6) is 0 Å². The lowest BCUT2D eigenvalue weighted by atomic mass is 9.97. The summed E-state index contributed by atoms with van der Waals surface area (Å²) < 4.78 is 6.77. The van der Waals surface area contributed by atoms with Gasteiger partial charge in [0.1, 0.15) is 0 Å². The zero-order valence-electron chi connectivity index (χ0n) is 27.1. The molecule has 1 unspecified atom stereocenters. The third-order valence-corrected chi connectivity index (χ3v) is 11.0. The minimum Gasteiger partial charge on any atom is -0.410 e. The first kappa shape index (κ1) is 43.7. The molecule has 6 heteroatoms. The van der Waals surface area contributed by atoms with Crippen LogP contribution in [-0.4, -0.2) is 19.6 Å². The molecular formula is C35H57Cl2NO2Si. The molecule has 1 rings (SSSR count). The van der Waals surface area contributed by atoms with E-state index in [4.69, 9.17) is 34.1 Å². The van der Waals surface area contributed by atoms with E-state index in [-0.39, 0.29) is 29.8 Å². The number of hydrogen-bond acceptors (Lipinski definition) is 3. The van der Waals surface area contributed by atoms with Gasteiger partial charge in [-0.15, -0.1) is 18.3 Å². The minimum atomic E-state index is -1.78. The molecule has 0 amide bonds. The maximum absolute atomic E-state index is 9.68. The fourth-order valence-corrected chi connectivity index (χ4v) is 6.69. The summed E-state index contributed by atoms with van der Waals surface area (Å²) in [6.07, 6.45) is 11.6. The van der Waals surface area contributed by atoms with Gasteiger partial charge in [-0.25, -0.2) is 0 Å². The van der Waals surface area contributed by atoms with E-state index in [0.717, 1.165) is 43.0 Å². The zero-order chi connectivity index (χ0) is 31.6. The van der Waals surface area contributed by atoms with Gasteiger partial charge in [-0.2, -0.15) is 0 Å². The van der Waals surface area contributed by atoms with Crippen molar-refractivity contribution in [1.29, 1.82) is 0 Å². The Morgan fingerprint density at radius 2 is 1.34 bits per heavy atom. The van der Waals surface area contributed by atoms with Gasteiger partial charge in [0.05, 0.1) is 16.1 Å². The Morgan fingerprint density at radius 1 is 0.902 bits per heavy atom. The molecule has 0 aromatic carbocycles. The van der Waals surface area contributed by atoms with Crippen LogP contribution < -0.4 is 0 Å². The topological polar surface area (TPSA) is 39.2 Å². The highest BCUT2D eigenvalue weighted by atomic mass is 35.5. The predicted molar refractivity (Wildman–Crippen MR) is 185 cm³/mol. The Bertz CT molecular complexity index is 1020. The van der Waals surface area contributed by atoms with E-state index >= 15 is 0 Å². The summed E-state index contributed by atoms with van der Waals surface area (Å²) in [6, 6.07) is 3.29. The van der Waals surface area contributed by atoms with E-state index in [0.29, 0.717) is 16.3 Å². The van der Waals surface area contributed by atoms with E-state index in [2.05, 4.69) is 76.1 Å². The number of terminal acetylenes is 1. The second-order valence-electron chi connectivity index (χ2n) is 12.8. The first-order valence-corrected chi connectivity index (χ1v) is 17.5. The van der Waals surface area contributed by atoms with Gasteiger partial charge in [0.2, 0.25) is 0 Å². The Balaban J connectivity index is -0.000000794. The normalized spacial score (nSPS) is 11.7. The van der Waals surface area contributed by atoms with Gasteiger partial charge in [0, 0.05) is 40.6 Å². The van der Waals surface area contributed by atoms with Crippen molar-refractivity contribution in [2.75, 3.05) is 0 Å². The highest BCUT2D eigenvalue weighted by Crippen LogP contribution is 2.38. The maximum Gasteiger partial charge on any atom is 0.192 e. The van der Waals surface area contributed by atoms with Crippen LogP contribution in [0.1, 0.15) is 121 Å². The molecule has 0 aliphatic heterocycles. The third kappa shape index (κ3) is 22.5. The van der Waals surface area contributed by atoms with Crippen molar-refractivity contribution in [1.82, 2.24) is 4.98 Å². The van der Waals surface area contributed by atoms with Gasteiger partial charge < -0.3 is 4.43 Å². The number of aromatic nitrogens is 1. The molecule has 1 heterocycles. The van der Waals surface area contributed by atoms with Crippen LogP contribution >= 0.6 is 23.2 Å². The summed E-state index contributed by atoms with van der Waals surface area (Å²) in [6.45, 7) is 25.0. The quantitative estimate of drug-likeness (QED) is 0.119. The number of carbonyl (C=O) groups is 1. The molecule has 1 aromatic rings. The average molecular weight is 623 g/mol. The van der Waals surface area contributed by atoms with Crippen molar-refractivity contribution in [3.05, 3.63) is 28.0 Å². The average Bonchev–Trinajstić information content (AvgIpc) is 2.84. The van der Waals surface area contributed by atoms with Gasteiger partial charge in [-0.1, -0.05) is 63.2 Å². The van der Waals surface area contributed by atoms with Crippen molar-refractivity contribution in [3.8, 4) is 36.0 Å². The summed E-state index contributed by atoms with van der Waals surface area (Å²) in [4.78, 5) is 13.8. The Kier molecular flexibility index (Phi) is 22.4. The Morgan fingerprint density at radius 3 is 1.66 bits per heavy atom. The zero-order valence-corrected chi connectivity index (χ0v) is 29.7. The van der Waals surface area contributed by atoms with Gasteiger partial charge in [0.15, 0.2) is 14.6 Å². The molecule has 0 fully saturated rings. The molecule has 0 aliphatic carbocycles. The predicted octanol–water partition coefficient (Wildman–Crippen LogP) is 11.2. The standard InChI is InChI=1S/C21H33Cl2NOSi.C7H10O.C6H10.CH4/c1-7-26(8-2,9-3)25-19(13-11-10-12-14-21(4,5)6)20-17(22)15-24-16-18(20)23;1-7(2,3)5-4-6-8;1-5-6(2,3)4;/h15-16,19H,7-11,13H2,1-6H3;6H,1-3H3;1H,2-4H3;1H4. The van der Waals surface area contributed by atoms with Crippen LogP contribution in [0.25, 0.3) is 0 Å². The molecule has 3 nitrogen and oxygen atoms in total. The maximum atomic E-state index is 9.68. The lowest BCUT2D eigenvalue weighted by molar-refractivity contribution is -0.103. The van der Waals surface area contributed by atoms with Crippen LogP contribution in [0.2, 0.25) is 28.2 Å². The molecule has 0 saturated carbocycles. The fraction of sp³-hybridized carbons (Fsp3) is 0.657. The molecule has 0 N–H and O–H groups in total. The molecule has 1 atom stereocenters. The van der Waals surface area contributed by atoms with Crippen molar-refractivity contribution < 1.29 is 9.22 Å². The molecule has 0 aliphatic rings. The number of rotatable bonds is 9. The van der Waals surface area contributed by atoms with E-state index in [1.165, 1.54) is 0 Å². The summed E-state index contributed by atoms with van der Waals surface area (Å²) >= 11 is 12.9. The van der Waals surface area contributed by atoms with Crippen LogP contribution in [0.3, 0.4) is 0 Å². The molecule has 1 aromatic heterocycles. The van der Waals surface area contributed by atoms with Gasteiger partial charge in [-0.05, 0) is 99.2 Å². The molecule has 232 valence electrons. The second-order valence-corrected chi connectivity index (χ2v) is 18.4. The molecule has 0 saturated heterocycles. The number of halogens is 2. The molecule has 0 radical (unpaired) electrons. The second kappa shape index (κ2) is 21.0. The van der Waals surface area contributed by atoms with Crippen molar-refractivity contribution in [2.45, 2.75) is 134 Å². The molecule has 41 heavy (non-hydrogen) atoms. The number of unbranched alkanes of at least 4 members (excludes halogenated alkanes) is 1. The van der Waals surface area contributed by atoms with Crippen LogP contribution in [0.15, 0.2) is 12.4 Å². The highest BCUT2D eigenvalue weighted by molar-refractivity contribution is 6.73. The monoisotopic (exact) mass is 621 g/mol. The summed E-state index contributed by atoms with van der Waals surface area (Å²) in [5, 5.41) is 1.18. The van der Waals surface area contributed by atoms with Crippen molar-refractivity contribution in [2.24, 2.45) is 16.2 Å². The van der Waals surface area contributed by atoms with E-state index in [1.54, 1.807) is 12.4 Å². The summed E-state index contributed by atoms with van der Waals surface area (Å²) in [7, 11) is -1.78. The molecular weight excluding hydrogens is 565 g/mol. The van der Waals surface area contributed by atoms with E-state index in [1.807, 2.05) is 41.5 Å². The SMILES string of the molecule is C.C#CC(C)(C)C.CC(C)(C)C#CC=O.CC[Si](CC)(CC)OC(CCCC#CC(C)(C)C)c1c(Cl)cncc1Cl. The van der Waals surface area contributed by atoms with Crippen molar-refractivity contribution in [3.63, 3.8) is 0 Å². The van der Waals surface area contributed by atoms with Gasteiger partial charge in [-0.3, -0.25) is 9.78 Å². The summed E-state index contributed by atoms with van der Waals surface area (Å²) in [5.41, 5.74) is 0.961. The van der Waals surface area contributed by atoms with Gasteiger partial charge in [0.25, 0.3) is 0 Å². The van der Waals surface area contributed by atoms with E-state index < -0.39 is 8.32 Å². The highest BCUT2D eigenvalue weighted by Gasteiger charge is 2.33. The van der Waals surface area contributed by atoms with E-state index in [9.17, 15) is 4.79 Å². The van der Waals surface area contributed by atoms with Crippen LogP contribution in [0, 0.1) is 52.3 Å².